The van der Waals surface area contributed by atoms with Gasteiger partial charge in [-0.3, -0.25) is 14.3 Å². The van der Waals surface area contributed by atoms with Gasteiger partial charge in [-0.1, -0.05) is 24.3 Å². The second kappa shape index (κ2) is 12.1. The minimum Gasteiger partial charge on any atom is -0.492 e. The van der Waals surface area contributed by atoms with E-state index in [9.17, 15) is 9.59 Å². The molecule has 0 spiro atoms. The number of para-hydroxylation sites is 1. The summed E-state index contributed by atoms with van der Waals surface area (Å²) in [6.45, 7) is 5.36. The maximum absolute atomic E-state index is 13.4. The first kappa shape index (κ1) is 27.8. The van der Waals surface area contributed by atoms with Gasteiger partial charge in [0.1, 0.15) is 18.9 Å². The van der Waals surface area contributed by atoms with Gasteiger partial charge < -0.3 is 19.9 Å². The van der Waals surface area contributed by atoms with E-state index in [1.54, 1.807) is 31.0 Å². The summed E-state index contributed by atoms with van der Waals surface area (Å²) in [5.41, 5.74) is 4.73. The summed E-state index contributed by atoms with van der Waals surface area (Å²) in [5.74, 6) is 0.452. The largest absolute Gasteiger partial charge is 0.492 e. The number of hydrogen-bond acceptors (Lipinski definition) is 6. The van der Waals surface area contributed by atoms with E-state index in [0.717, 1.165) is 39.8 Å². The van der Waals surface area contributed by atoms with Gasteiger partial charge in [-0.15, -0.1) is 0 Å². The van der Waals surface area contributed by atoms with Crippen LogP contribution >= 0.6 is 0 Å². The molecule has 2 aromatic heterocycles. The Morgan fingerprint density at radius 1 is 1.08 bits per heavy atom. The van der Waals surface area contributed by atoms with Crippen molar-refractivity contribution in [2.45, 2.75) is 26.4 Å². The van der Waals surface area contributed by atoms with E-state index in [-0.39, 0.29) is 24.4 Å². The number of carbonyl (C=O) groups is 2. The molecule has 0 aliphatic carbocycles. The summed E-state index contributed by atoms with van der Waals surface area (Å²) < 4.78 is 7.46. The van der Waals surface area contributed by atoms with E-state index in [1.807, 2.05) is 81.5 Å². The fourth-order valence-electron chi connectivity index (χ4n) is 4.20. The summed E-state index contributed by atoms with van der Waals surface area (Å²) in [7, 11) is 7.42. The van der Waals surface area contributed by atoms with Gasteiger partial charge in [0.05, 0.1) is 23.4 Å². The number of aryl methyl sites for hydroxylation is 1. The SMILES string of the molecule is Cc1ccc(OCCN(C)C)cc1C(=O)N[C@H](C)c1cc(-c2cnn(CC(=O)N(C)C)c2)nc2ccccc12. The molecular weight excluding hydrogens is 492 g/mol. The normalized spacial score (nSPS) is 12.0. The molecule has 0 unspecified atom stereocenters. The van der Waals surface area contributed by atoms with Gasteiger partial charge in [0.15, 0.2) is 0 Å². The lowest BCUT2D eigenvalue weighted by atomic mass is 9.99. The molecule has 1 atom stereocenters. The van der Waals surface area contributed by atoms with Crippen LogP contribution in [-0.2, 0) is 11.3 Å². The van der Waals surface area contributed by atoms with Crippen molar-refractivity contribution in [3.05, 3.63) is 77.6 Å². The maximum atomic E-state index is 13.4. The van der Waals surface area contributed by atoms with Crippen LogP contribution in [0, 0.1) is 6.92 Å². The van der Waals surface area contributed by atoms with Crippen molar-refractivity contribution in [1.82, 2.24) is 29.9 Å². The Kier molecular flexibility index (Phi) is 8.61. The number of amides is 2. The second-order valence-electron chi connectivity index (χ2n) is 10.2. The number of ether oxygens (including phenoxy) is 1. The summed E-state index contributed by atoms with van der Waals surface area (Å²) >= 11 is 0. The monoisotopic (exact) mass is 528 g/mol. The second-order valence-corrected chi connectivity index (χ2v) is 10.2. The number of aromatic nitrogens is 3. The Balaban J connectivity index is 1.59. The number of rotatable bonds is 10. The Morgan fingerprint density at radius 3 is 2.59 bits per heavy atom. The number of benzene rings is 2. The van der Waals surface area contributed by atoms with Crippen molar-refractivity contribution in [3.8, 4) is 17.0 Å². The van der Waals surface area contributed by atoms with Gasteiger partial charge in [0, 0.05) is 43.4 Å². The first-order valence-corrected chi connectivity index (χ1v) is 12.9. The predicted octanol–water partition coefficient (Wildman–Crippen LogP) is 3.93. The van der Waals surface area contributed by atoms with Crippen molar-refractivity contribution in [2.75, 3.05) is 41.3 Å². The van der Waals surface area contributed by atoms with Crippen molar-refractivity contribution in [2.24, 2.45) is 0 Å². The topological polar surface area (TPSA) is 92.6 Å². The summed E-state index contributed by atoms with van der Waals surface area (Å²) in [6.07, 6.45) is 3.52. The fourth-order valence-corrected chi connectivity index (χ4v) is 4.20. The van der Waals surface area contributed by atoms with E-state index in [0.29, 0.717) is 17.9 Å². The fraction of sp³-hybridized carbons (Fsp3) is 0.333. The third kappa shape index (κ3) is 6.80. The number of fused-ring (bicyclic) bond motifs is 1. The average molecular weight is 529 g/mol. The number of carbonyl (C=O) groups excluding carboxylic acids is 2. The average Bonchev–Trinajstić information content (AvgIpc) is 3.37. The Hall–Kier alpha value is -4.24. The van der Waals surface area contributed by atoms with E-state index >= 15 is 0 Å². The van der Waals surface area contributed by atoms with Gasteiger partial charge in [0.25, 0.3) is 5.91 Å². The highest BCUT2D eigenvalue weighted by atomic mass is 16.5. The predicted molar refractivity (Wildman–Crippen MR) is 153 cm³/mol. The molecule has 0 fully saturated rings. The van der Waals surface area contributed by atoms with Crippen molar-refractivity contribution >= 4 is 22.7 Å². The van der Waals surface area contributed by atoms with Gasteiger partial charge in [0.2, 0.25) is 5.91 Å². The van der Waals surface area contributed by atoms with E-state index in [1.165, 1.54) is 4.90 Å². The standard InChI is InChI=1S/C30H36N6O3/c1-20-11-12-23(39-14-13-34(3)4)15-25(20)30(38)32-21(2)26-16-28(33-27-10-8-7-9-24(26)27)22-17-31-36(18-22)19-29(37)35(5)6/h7-12,15-18,21H,13-14,19H2,1-6H3,(H,32,38)/t21-/m1/s1. The number of likely N-dealkylation sites (N-methyl/N-ethyl adjacent to an activating group) is 2. The first-order chi connectivity index (χ1) is 18.6. The Labute approximate surface area is 229 Å². The van der Waals surface area contributed by atoms with Crippen LogP contribution in [0.5, 0.6) is 5.75 Å². The van der Waals surface area contributed by atoms with E-state index < -0.39 is 0 Å². The van der Waals surface area contributed by atoms with Crippen molar-refractivity contribution in [3.63, 3.8) is 0 Å². The summed E-state index contributed by atoms with van der Waals surface area (Å²) in [5, 5.41) is 8.48. The lowest BCUT2D eigenvalue weighted by molar-refractivity contribution is -0.129. The molecule has 0 saturated carbocycles. The minimum absolute atomic E-state index is 0.0457. The molecular formula is C30H36N6O3. The van der Waals surface area contributed by atoms with Crippen molar-refractivity contribution in [1.29, 1.82) is 0 Å². The molecule has 0 aliphatic rings. The maximum Gasteiger partial charge on any atom is 0.252 e. The molecule has 2 heterocycles. The summed E-state index contributed by atoms with van der Waals surface area (Å²) in [4.78, 5) is 33.9. The van der Waals surface area contributed by atoms with Crippen LogP contribution in [0.1, 0.15) is 34.5 Å². The van der Waals surface area contributed by atoms with Crippen LogP contribution in [0.3, 0.4) is 0 Å². The molecule has 0 radical (unpaired) electrons. The van der Waals surface area contributed by atoms with E-state index in [2.05, 4.69) is 10.4 Å². The molecule has 0 aliphatic heterocycles. The molecule has 0 saturated heterocycles. The Morgan fingerprint density at radius 2 is 1.85 bits per heavy atom. The highest BCUT2D eigenvalue weighted by Gasteiger charge is 2.19. The third-order valence-electron chi connectivity index (χ3n) is 6.55. The smallest absolute Gasteiger partial charge is 0.252 e. The number of pyridine rings is 1. The third-order valence-corrected chi connectivity index (χ3v) is 6.55. The molecule has 1 N–H and O–H groups in total. The Bertz CT molecular complexity index is 1480. The summed E-state index contributed by atoms with van der Waals surface area (Å²) in [6, 6.07) is 15.1. The van der Waals surface area contributed by atoms with Crippen LogP contribution in [-0.4, -0.2) is 77.7 Å². The van der Waals surface area contributed by atoms with Gasteiger partial charge in [-0.05, 0) is 63.3 Å². The minimum atomic E-state index is -0.299. The lowest BCUT2D eigenvalue weighted by Crippen LogP contribution is -2.27. The number of hydrogen-bond donors (Lipinski definition) is 1. The number of nitrogens with zero attached hydrogens (tertiary/aromatic N) is 5. The number of nitrogens with one attached hydrogen (secondary N) is 1. The van der Waals surface area contributed by atoms with E-state index in [4.69, 9.17) is 9.72 Å². The zero-order valence-corrected chi connectivity index (χ0v) is 23.4. The molecule has 4 rings (SSSR count). The molecule has 9 heteroatoms. The lowest BCUT2D eigenvalue weighted by Gasteiger charge is -2.19. The van der Waals surface area contributed by atoms with Crippen LogP contribution < -0.4 is 10.1 Å². The van der Waals surface area contributed by atoms with Gasteiger partial charge in [-0.2, -0.15) is 5.10 Å². The van der Waals surface area contributed by atoms with Crippen LogP contribution in [0.25, 0.3) is 22.2 Å². The van der Waals surface area contributed by atoms with Gasteiger partial charge in [-0.25, -0.2) is 4.98 Å². The molecule has 9 nitrogen and oxygen atoms in total. The molecule has 4 aromatic rings. The van der Waals surface area contributed by atoms with Crippen LogP contribution in [0.4, 0.5) is 0 Å². The van der Waals surface area contributed by atoms with Crippen LogP contribution in [0.15, 0.2) is 60.9 Å². The van der Waals surface area contributed by atoms with Crippen LogP contribution in [0.2, 0.25) is 0 Å². The van der Waals surface area contributed by atoms with Gasteiger partial charge >= 0.3 is 0 Å². The molecule has 2 amide bonds. The molecule has 204 valence electrons. The zero-order chi connectivity index (χ0) is 28.1. The molecule has 2 aromatic carbocycles. The quantitative estimate of drug-likeness (QED) is 0.335. The zero-order valence-electron chi connectivity index (χ0n) is 23.4. The molecule has 39 heavy (non-hydrogen) atoms. The highest BCUT2D eigenvalue weighted by molar-refractivity contribution is 5.97. The highest BCUT2D eigenvalue weighted by Crippen LogP contribution is 2.29. The molecule has 0 bridgehead atoms. The van der Waals surface area contributed by atoms with Crippen molar-refractivity contribution < 1.29 is 14.3 Å². The first-order valence-electron chi connectivity index (χ1n) is 12.9.